The number of ether oxygens (including phenoxy) is 1. The molecule has 0 saturated carbocycles. The molecule has 0 saturated heterocycles. The van der Waals surface area contributed by atoms with Crippen LogP contribution >= 0.6 is 0 Å². The molecule has 0 fully saturated rings. The van der Waals surface area contributed by atoms with E-state index in [1.54, 1.807) is 13.8 Å². The minimum Gasteiger partial charge on any atom is -0.446 e. The second-order valence-corrected chi connectivity index (χ2v) is 10.3. The van der Waals surface area contributed by atoms with Crippen LogP contribution in [0.25, 0.3) is 0 Å². The zero-order chi connectivity index (χ0) is 26.5. The molecule has 6 heteroatoms. The summed E-state index contributed by atoms with van der Waals surface area (Å²) in [6, 6.07) is -0.234. The Morgan fingerprint density at radius 3 is 2.09 bits per heavy atom. The summed E-state index contributed by atoms with van der Waals surface area (Å²) in [5.74, 6) is 0.702. The van der Waals surface area contributed by atoms with Crippen LogP contribution in [-0.2, 0) is 9.53 Å². The first kappa shape index (κ1) is 33.2. The average Bonchev–Trinajstić information content (AvgIpc) is 2.81. The maximum Gasteiger partial charge on any atom is 0.404 e. The summed E-state index contributed by atoms with van der Waals surface area (Å²) in [5.41, 5.74) is 5.94. The van der Waals surface area contributed by atoms with Crippen LogP contribution in [0.15, 0.2) is 23.8 Å². The van der Waals surface area contributed by atoms with Gasteiger partial charge in [-0.05, 0) is 51.4 Å². The Hall–Kier alpha value is -1.82. The molecule has 0 radical (unpaired) electrons. The molecule has 0 aliphatic rings. The molecule has 4 N–H and O–H groups in total. The maximum absolute atomic E-state index is 11.9. The molecule has 0 aromatic heterocycles. The van der Waals surface area contributed by atoms with Crippen molar-refractivity contribution in [2.24, 2.45) is 17.6 Å². The van der Waals surface area contributed by atoms with Crippen LogP contribution in [0.3, 0.4) is 0 Å². The number of hydrogen-bond donors (Lipinski definition) is 3. The lowest BCUT2D eigenvalue weighted by atomic mass is 9.93. The summed E-state index contributed by atoms with van der Waals surface area (Å²) in [6.45, 7) is 10.1. The lowest BCUT2D eigenvalue weighted by Gasteiger charge is -2.23. The van der Waals surface area contributed by atoms with Crippen LogP contribution in [0.4, 0.5) is 4.79 Å². The number of nitrogens with two attached hydrogens (primary N) is 1. The van der Waals surface area contributed by atoms with E-state index < -0.39 is 6.09 Å². The van der Waals surface area contributed by atoms with E-state index in [1.165, 1.54) is 51.4 Å². The van der Waals surface area contributed by atoms with E-state index in [1.807, 2.05) is 12.2 Å². The van der Waals surface area contributed by atoms with Gasteiger partial charge in [0.1, 0.15) is 6.10 Å². The van der Waals surface area contributed by atoms with E-state index in [9.17, 15) is 9.59 Å². The number of aliphatic hydroxyl groups excluding tert-OH is 1. The molecular formula is C29H54N2O4. The highest BCUT2D eigenvalue weighted by atomic mass is 16.6. The van der Waals surface area contributed by atoms with Crippen LogP contribution < -0.4 is 11.1 Å². The third kappa shape index (κ3) is 19.1. The van der Waals surface area contributed by atoms with Gasteiger partial charge in [0, 0.05) is 11.6 Å². The van der Waals surface area contributed by atoms with Crippen LogP contribution in [0.2, 0.25) is 0 Å². The number of hydrogen-bond acceptors (Lipinski definition) is 4. The van der Waals surface area contributed by atoms with Gasteiger partial charge in [0.25, 0.3) is 0 Å². The van der Waals surface area contributed by atoms with Gasteiger partial charge in [0.05, 0.1) is 6.61 Å². The Kier molecular flexibility index (Phi) is 20.3. The number of aliphatic hydroxyl groups is 1. The summed E-state index contributed by atoms with van der Waals surface area (Å²) < 4.78 is 5.42. The predicted molar refractivity (Wildman–Crippen MR) is 146 cm³/mol. The average molecular weight is 495 g/mol. The van der Waals surface area contributed by atoms with Crippen LogP contribution in [0.5, 0.6) is 0 Å². The van der Waals surface area contributed by atoms with Gasteiger partial charge in [-0.1, -0.05) is 96.8 Å². The smallest absolute Gasteiger partial charge is 0.404 e. The quantitative estimate of drug-likeness (QED) is 0.0926. The van der Waals surface area contributed by atoms with Crippen molar-refractivity contribution >= 4 is 12.0 Å². The Labute approximate surface area is 215 Å². The van der Waals surface area contributed by atoms with Gasteiger partial charge in [-0.15, -0.1) is 0 Å². The highest BCUT2D eigenvalue weighted by Gasteiger charge is 2.20. The minimum atomic E-state index is -0.649. The fraction of sp³-hybridized carbons (Fsp3) is 0.793. The number of amides is 2. The SMILES string of the molecule is CCCCCCC(C)C(CCCCCCCCC(C)C=CC=C(C)C(=O)NC(C)CO)OC(N)=O. The Bertz CT molecular complexity index is 618. The largest absolute Gasteiger partial charge is 0.446 e. The topological polar surface area (TPSA) is 102 Å². The summed E-state index contributed by atoms with van der Waals surface area (Å²) in [5, 5.41) is 11.8. The van der Waals surface area contributed by atoms with Gasteiger partial charge in [-0.2, -0.15) is 0 Å². The lowest BCUT2D eigenvalue weighted by Crippen LogP contribution is -2.35. The highest BCUT2D eigenvalue weighted by Crippen LogP contribution is 2.22. The first-order valence-corrected chi connectivity index (χ1v) is 13.9. The number of carbonyl (C=O) groups excluding carboxylic acids is 2. The third-order valence-electron chi connectivity index (χ3n) is 6.61. The fourth-order valence-electron chi connectivity index (χ4n) is 4.15. The van der Waals surface area contributed by atoms with Crippen molar-refractivity contribution < 1.29 is 19.4 Å². The van der Waals surface area contributed by atoms with Crippen molar-refractivity contribution in [3.8, 4) is 0 Å². The molecule has 0 spiro atoms. The number of carbonyl (C=O) groups is 2. The van der Waals surface area contributed by atoms with Crippen LogP contribution in [0.1, 0.15) is 118 Å². The standard InChI is InChI=1S/C29H54N2O4/c1-6-7-8-14-19-24(3)27(35-29(30)34)21-15-12-10-9-11-13-17-23(2)18-16-20-25(4)28(33)31-26(5)22-32/h16,18,20,23-24,26-27,32H,6-15,17,19,21-22H2,1-5H3,(H2,30,34)(H,31,33). The van der Waals surface area contributed by atoms with Gasteiger partial charge in [0.15, 0.2) is 0 Å². The van der Waals surface area contributed by atoms with Crippen molar-refractivity contribution in [1.82, 2.24) is 5.32 Å². The Balaban J connectivity index is 4.02. The minimum absolute atomic E-state index is 0.0522. The number of allylic oxidation sites excluding steroid dienone is 3. The van der Waals surface area contributed by atoms with E-state index in [0.717, 1.165) is 32.1 Å². The number of unbranched alkanes of at least 4 members (excludes halogenated alkanes) is 8. The van der Waals surface area contributed by atoms with Crippen molar-refractivity contribution in [2.45, 2.75) is 130 Å². The Morgan fingerprint density at radius 1 is 0.914 bits per heavy atom. The molecule has 0 rings (SSSR count). The molecule has 0 heterocycles. The maximum atomic E-state index is 11.9. The number of nitrogens with one attached hydrogen (secondary N) is 1. The predicted octanol–water partition coefficient (Wildman–Crippen LogP) is 6.81. The van der Waals surface area contributed by atoms with Crippen molar-refractivity contribution in [3.05, 3.63) is 23.8 Å². The zero-order valence-electron chi connectivity index (χ0n) is 23.2. The van der Waals surface area contributed by atoms with Crippen LogP contribution in [-0.4, -0.2) is 35.9 Å². The molecule has 0 aromatic rings. The molecule has 0 bridgehead atoms. The highest BCUT2D eigenvalue weighted by molar-refractivity contribution is 5.93. The van der Waals surface area contributed by atoms with Crippen LogP contribution in [0, 0.1) is 11.8 Å². The molecule has 35 heavy (non-hydrogen) atoms. The number of rotatable bonds is 21. The van der Waals surface area contributed by atoms with Gasteiger partial charge < -0.3 is 20.9 Å². The van der Waals surface area contributed by atoms with E-state index in [-0.39, 0.29) is 24.7 Å². The molecular weight excluding hydrogens is 440 g/mol. The van der Waals surface area contributed by atoms with E-state index in [0.29, 0.717) is 17.4 Å². The second kappa shape index (κ2) is 21.5. The van der Waals surface area contributed by atoms with Gasteiger partial charge in [-0.25, -0.2) is 4.79 Å². The van der Waals surface area contributed by atoms with Crippen molar-refractivity contribution in [3.63, 3.8) is 0 Å². The zero-order valence-corrected chi connectivity index (χ0v) is 23.2. The first-order valence-electron chi connectivity index (χ1n) is 13.9. The summed E-state index contributed by atoms with van der Waals surface area (Å²) in [7, 11) is 0. The van der Waals surface area contributed by atoms with E-state index in [4.69, 9.17) is 15.6 Å². The van der Waals surface area contributed by atoms with Crippen molar-refractivity contribution in [1.29, 1.82) is 0 Å². The Morgan fingerprint density at radius 2 is 1.49 bits per heavy atom. The molecule has 0 aliphatic carbocycles. The monoisotopic (exact) mass is 494 g/mol. The molecule has 4 atom stereocenters. The number of primary amides is 1. The summed E-state index contributed by atoms with van der Waals surface area (Å²) in [6.07, 6.45) is 20.4. The van der Waals surface area contributed by atoms with Crippen molar-refractivity contribution in [2.75, 3.05) is 6.61 Å². The molecule has 6 nitrogen and oxygen atoms in total. The lowest BCUT2D eigenvalue weighted by molar-refractivity contribution is -0.118. The summed E-state index contributed by atoms with van der Waals surface area (Å²) >= 11 is 0. The molecule has 204 valence electrons. The normalized spacial score (nSPS) is 15.5. The van der Waals surface area contributed by atoms with Gasteiger partial charge >= 0.3 is 6.09 Å². The van der Waals surface area contributed by atoms with Gasteiger partial charge in [0.2, 0.25) is 5.91 Å². The first-order chi connectivity index (χ1) is 16.7. The fourth-order valence-corrected chi connectivity index (χ4v) is 4.15. The second-order valence-electron chi connectivity index (χ2n) is 10.3. The third-order valence-corrected chi connectivity index (χ3v) is 6.61. The molecule has 2 amide bonds. The summed E-state index contributed by atoms with van der Waals surface area (Å²) in [4.78, 5) is 23.2. The van der Waals surface area contributed by atoms with E-state index >= 15 is 0 Å². The molecule has 0 aliphatic heterocycles. The molecule has 4 unspecified atom stereocenters. The van der Waals surface area contributed by atoms with E-state index in [2.05, 4.69) is 32.2 Å². The van der Waals surface area contributed by atoms with Gasteiger partial charge in [-0.3, -0.25) is 4.79 Å². The molecule has 0 aromatic carbocycles.